The number of nitrogens with one attached hydrogen (secondary N) is 8. The third-order valence-corrected chi connectivity index (χ3v) is 13.3. The molecular weight excluding hydrogens is 1040 g/mol. The fourth-order valence-electron chi connectivity index (χ4n) is 8.29. The van der Waals surface area contributed by atoms with Gasteiger partial charge in [-0.25, -0.2) is 4.79 Å². The Balaban J connectivity index is 1.89. The molecule has 0 bridgehead atoms. The van der Waals surface area contributed by atoms with Gasteiger partial charge in [0.2, 0.25) is 47.3 Å². The highest BCUT2D eigenvalue weighted by Gasteiger charge is 2.37. The third-order valence-electron chi connectivity index (χ3n) is 13.3. The smallest absolute Gasteiger partial charge is 0.326 e. The summed E-state index contributed by atoms with van der Waals surface area (Å²) in [7, 11) is 0. The molecule has 24 nitrogen and oxygen atoms in total. The number of carbonyl (C=O) groups excluding carboxylic acids is 8. The maximum atomic E-state index is 14.5. The second kappa shape index (κ2) is 34.1. The second-order valence-corrected chi connectivity index (χ2v) is 20.0. The Morgan fingerprint density at radius 3 is 1.39 bits per heavy atom. The number of aliphatic hydroxyl groups excluding tert-OH is 1. The van der Waals surface area contributed by atoms with E-state index in [4.69, 9.17) is 11.5 Å². The highest BCUT2D eigenvalue weighted by molar-refractivity contribution is 5.98. The van der Waals surface area contributed by atoms with Crippen molar-refractivity contribution in [2.24, 2.45) is 23.3 Å². The summed E-state index contributed by atoms with van der Waals surface area (Å²) in [4.78, 5) is 135. The molecule has 0 unspecified atom stereocenters. The van der Waals surface area contributed by atoms with Crippen LogP contribution >= 0.6 is 0 Å². The van der Waals surface area contributed by atoms with Crippen molar-refractivity contribution in [2.45, 2.75) is 153 Å². The lowest BCUT2D eigenvalue weighted by molar-refractivity contribution is -0.142. The monoisotopic (exact) mass is 1120 g/mol. The minimum absolute atomic E-state index is 0.0260. The Bertz CT molecular complexity index is 2520. The van der Waals surface area contributed by atoms with Crippen LogP contribution in [0.5, 0.6) is 5.75 Å². The molecule has 438 valence electrons. The molecule has 0 heterocycles. The summed E-state index contributed by atoms with van der Waals surface area (Å²) in [5, 5.41) is 59.9. The molecule has 0 radical (unpaired) electrons. The second-order valence-electron chi connectivity index (χ2n) is 20.0. The average Bonchev–Trinajstić information content (AvgIpc) is 3.43. The number of carboxylic acid groups (broad SMARTS) is 2. The van der Waals surface area contributed by atoms with Crippen molar-refractivity contribution in [3.05, 3.63) is 102 Å². The van der Waals surface area contributed by atoms with Gasteiger partial charge in [-0.3, -0.25) is 43.2 Å². The molecule has 3 aromatic rings. The molecular formula is C56H80N10O14. The van der Waals surface area contributed by atoms with E-state index < -0.39 is 145 Å². The number of rotatable bonds is 35. The molecule has 0 aliphatic rings. The molecule has 0 aliphatic heterocycles. The van der Waals surface area contributed by atoms with Crippen LogP contribution in [-0.4, -0.2) is 147 Å². The van der Waals surface area contributed by atoms with Crippen molar-refractivity contribution in [3.8, 4) is 5.75 Å². The fourth-order valence-corrected chi connectivity index (χ4v) is 8.29. The number of carbonyl (C=O) groups is 10. The van der Waals surface area contributed by atoms with E-state index in [1.54, 1.807) is 95.3 Å². The average molecular weight is 1120 g/mol. The number of unbranched alkanes of at least 4 members (excludes halogenated alkanes) is 1. The van der Waals surface area contributed by atoms with Crippen LogP contribution in [0.15, 0.2) is 84.9 Å². The van der Waals surface area contributed by atoms with Gasteiger partial charge in [0.15, 0.2) is 0 Å². The minimum atomic E-state index is -1.71. The van der Waals surface area contributed by atoms with Crippen LogP contribution in [0, 0.1) is 11.8 Å². The van der Waals surface area contributed by atoms with Crippen molar-refractivity contribution >= 4 is 59.2 Å². The van der Waals surface area contributed by atoms with Gasteiger partial charge >= 0.3 is 11.9 Å². The Kier molecular flexibility index (Phi) is 28.3. The predicted octanol–water partition coefficient (Wildman–Crippen LogP) is -0.191. The molecule has 0 spiro atoms. The lowest BCUT2D eigenvalue weighted by atomic mass is 9.96. The predicted molar refractivity (Wildman–Crippen MR) is 295 cm³/mol. The molecule has 0 aliphatic carbocycles. The highest BCUT2D eigenvalue weighted by Crippen LogP contribution is 2.16. The van der Waals surface area contributed by atoms with Crippen LogP contribution in [0.3, 0.4) is 0 Å². The van der Waals surface area contributed by atoms with Crippen LogP contribution in [0.1, 0.15) is 96.3 Å². The molecule has 16 N–H and O–H groups in total. The van der Waals surface area contributed by atoms with E-state index in [-0.39, 0.29) is 50.8 Å². The number of aliphatic hydroxyl groups is 1. The summed E-state index contributed by atoms with van der Waals surface area (Å²) in [6.45, 7) is 7.44. The maximum absolute atomic E-state index is 14.5. The molecule has 0 saturated carbocycles. The first-order chi connectivity index (χ1) is 38.0. The van der Waals surface area contributed by atoms with E-state index in [1.165, 1.54) is 24.3 Å². The van der Waals surface area contributed by atoms with Crippen LogP contribution < -0.4 is 54.0 Å². The summed E-state index contributed by atoms with van der Waals surface area (Å²) >= 11 is 0. The Hall–Kier alpha value is -7.96. The number of hydrogen-bond donors (Lipinski definition) is 14. The number of carboxylic acids is 2. The number of nitrogens with two attached hydrogens (primary N) is 2. The van der Waals surface area contributed by atoms with E-state index >= 15 is 0 Å². The molecule has 0 saturated heterocycles. The standard InChI is InChI=1S/C56H80N10O14/c1-6-33(5)47(55(78)63-43(29-35-18-12-9-13-19-35)52(75)62-42(30-36-21-23-37(68)24-22-36)51(74)59-39(7-2)56(79)80)66-50(73)40(20-14-15-27-57)60-49(72)41(25-26-45(69)70)61-53(76)44(31-67)64-54(77)46(32(3)4)65-48(71)38(58)28-34-16-10-8-11-17-34/h8-13,16-19,21-24,32-33,38-44,46-47,67-68H,6-7,14-15,20,25-31,57-58H2,1-5H3,(H,59,74)(H,60,72)(H,61,76)(H,62,75)(H,63,78)(H,64,77)(H,65,71)(H,66,73)(H,69,70)(H,79,80)/t33-,38-,39-,40-,41-,42-,43-,44-,46-,47-/m0/s1. The summed E-state index contributed by atoms with van der Waals surface area (Å²) in [5.41, 5.74) is 13.8. The lowest BCUT2D eigenvalue weighted by Crippen LogP contribution is -2.62. The Morgan fingerprint density at radius 2 is 0.900 bits per heavy atom. The van der Waals surface area contributed by atoms with Gasteiger partial charge in [0.05, 0.1) is 12.6 Å². The largest absolute Gasteiger partial charge is 0.508 e. The quantitative estimate of drug-likeness (QED) is 0.0340. The van der Waals surface area contributed by atoms with E-state index in [1.807, 2.05) is 0 Å². The number of phenolic OH excluding ortho intramolecular Hbond substituents is 1. The van der Waals surface area contributed by atoms with Gasteiger partial charge < -0.3 is 74.4 Å². The van der Waals surface area contributed by atoms with Crippen molar-refractivity contribution < 1.29 is 68.4 Å². The molecule has 3 aromatic carbocycles. The van der Waals surface area contributed by atoms with Gasteiger partial charge in [-0.1, -0.05) is 114 Å². The minimum Gasteiger partial charge on any atom is -0.508 e. The summed E-state index contributed by atoms with van der Waals surface area (Å²) in [5.74, 6) is -10.9. The van der Waals surface area contributed by atoms with Crippen LogP contribution in [0.4, 0.5) is 0 Å². The summed E-state index contributed by atoms with van der Waals surface area (Å²) < 4.78 is 0. The van der Waals surface area contributed by atoms with E-state index in [0.717, 1.165) is 5.56 Å². The number of hydrogen-bond acceptors (Lipinski definition) is 14. The van der Waals surface area contributed by atoms with Crippen LogP contribution in [0.2, 0.25) is 0 Å². The van der Waals surface area contributed by atoms with Gasteiger partial charge in [-0.05, 0) is 85.7 Å². The summed E-state index contributed by atoms with van der Waals surface area (Å²) in [6, 6.07) is 10.8. The zero-order valence-electron chi connectivity index (χ0n) is 45.9. The normalized spacial score (nSPS) is 14.9. The van der Waals surface area contributed by atoms with Crippen LogP contribution in [0.25, 0.3) is 0 Å². The van der Waals surface area contributed by atoms with E-state index in [2.05, 4.69) is 42.5 Å². The van der Waals surface area contributed by atoms with Crippen molar-refractivity contribution in [1.82, 2.24) is 42.5 Å². The molecule has 8 amide bonds. The van der Waals surface area contributed by atoms with Gasteiger partial charge in [0.25, 0.3) is 0 Å². The molecule has 80 heavy (non-hydrogen) atoms. The van der Waals surface area contributed by atoms with E-state index in [0.29, 0.717) is 24.0 Å². The lowest BCUT2D eigenvalue weighted by Gasteiger charge is -2.30. The molecule has 0 fully saturated rings. The number of phenols is 1. The number of benzene rings is 3. The fraction of sp³-hybridized carbons (Fsp3) is 0.500. The number of amides is 8. The topological polar surface area (TPSA) is 400 Å². The SMILES string of the molecule is CC[C@H](NC(=O)[C@H](Cc1ccc(O)cc1)NC(=O)[C@H](Cc1ccccc1)NC(=O)[C@@H](NC(=O)[C@H](CCCCN)NC(=O)[C@H](CCC(=O)O)NC(=O)[C@H](CO)NC(=O)[C@@H](NC(=O)[C@@H](N)Cc1ccccc1)C(C)C)[C@@H](C)CC)C(=O)O. The van der Waals surface area contributed by atoms with Crippen molar-refractivity contribution in [3.63, 3.8) is 0 Å². The molecule has 3 rings (SSSR count). The first kappa shape index (κ1) is 66.3. The number of aliphatic carboxylic acids is 2. The first-order valence-electron chi connectivity index (χ1n) is 26.8. The molecule has 24 heteroatoms. The van der Waals surface area contributed by atoms with Gasteiger partial charge in [0.1, 0.15) is 54.1 Å². The zero-order valence-corrected chi connectivity index (χ0v) is 45.9. The van der Waals surface area contributed by atoms with Gasteiger partial charge in [-0.15, -0.1) is 0 Å². The van der Waals surface area contributed by atoms with Crippen LogP contribution in [-0.2, 0) is 67.2 Å². The molecule has 0 aromatic heterocycles. The molecule has 10 atom stereocenters. The Morgan fingerprint density at radius 1 is 0.475 bits per heavy atom. The Labute approximate surface area is 465 Å². The highest BCUT2D eigenvalue weighted by atomic mass is 16.4. The third kappa shape index (κ3) is 22.4. The van der Waals surface area contributed by atoms with Crippen molar-refractivity contribution in [2.75, 3.05) is 13.2 Å². The maximum Gasteiger partial charge on any atom is 0.326 e. The number of aromatic hydroxyl groups is 1. The zero-order chi connectivity index (χ0) is 59.5. The van der Waals surface area contributed by atoms with Gasteiger partial charge in [0, 0.05) is 19.3 Å². The van der Waals surface area contributed by atoms with Crippen molar-refractivity contribution in [1.29, 1.82) is 0 Å². The summed E-state index contributed by atoms with van der Waals surface area (Å²) in [6.07, 6.45) is -0.316. The first-order valence-corrected chi connectivity index (χ1v) is 26.8. The van der Waals surface area contributed by atoms with E-state index in [9.17, 15) is 68.4 Å². The van der Waals surface area contributed by atoms with Gasteiger partial charge in [-0.2, -0.15) is 0 Å².